The molecular formula is C28H35ClN2O3S. The number of unbranched alkanes of at least 4 members (excludes halogenated alkanes) is 4. The van der Waals surface area contributed by atoms with Crippen molar-refractivity contribution in [2.24, 2.45) is 0 Å². The van der Waals surface area contributed by atoms with E-state index in [-0.39, 0.29) is 5.75 Å². The normalized spacial score (nSPS) is 12.0. The number of aromatic amines is 1. The summed E-state index contributed by atoms with van der Waals surface area (Å²) in [6.45, 7) is 6.17. The Morgan fingerprint density at radius 2 is 1.83 bits per heavy atom. The van der Waals surface area contributed by atoms with Gasteiger partial charge >= 0.3 is 0 Å². The molecule has 2 aromatic carbocycles. The zero-order valence-electron chi connectivity index (χ0n) is 20.8. The molecule has 0 spiro atoms. The molecule has 1 aromatic heterocycles. The van der Waals surface area contributed by atoms with Crippen LogP contribution in [0.4, 0.5) is 0 Å². The Balaban J connectivity index is 1.81. The maximum Gasteiger partial charge on any atom is 0.264 e. The number of rotatable bonds is 12. The van der Waals surface area contributed by atoms with Gasteiger partial charge in [-0.1, -0.05) is 75.4 Å². The van der Waals surface area contributed by atoms with Crippen molar-refractivity contribution in [2.45, 2.75) is 65.7 Å². The summed E-state index contributed by atoms with van der Waals surface area (Å²) in [5.74, 6) is -0.656. The van der Waals surface area contributed by atoms with Crippen molar-refractivity contribution in [3.05, 3.63) is 75.4 Å². The Kier molecular flexibility index (Phi) is 9.58. The summed E-state index contributed by atoms with van der Waals surface area (Å²) in [7, 11) is -3.66. The van der Waals surface area contributed by atoms with Gasteiger partial charge < -0.3 is 4.98 Å². The number of amides is 1. The Morgan fingerprint density at radius 3 is 2.54 bits per heavy atom. The number of H-pyrrole nitrogens is 1. The molecule has 0 aliphatic heterocycles. The number of carbonyl (C=O) groups excluding carboxylic acids is 1. The van der Waals surface area contributed by atoms with Crippen LogP contribution in [0.15, 0.2) is 42.5 Å². The number of aromatic nitrogens is 1. The molecule has 0 atom stereocenters. The van der Waals surface area contributed by atoms with E-state index in [1.807, 2.05) is 32.0 Å². The zero-order valence-corrected chi connectivity index (χ0v) is 22.4. The fraction of sp³-hybridized carbons (Fsp3) is 0.393. The smallest absolute Gasteiger partial charge is 0.264 e. The van der Waals surface area contributed by atoms with Crippen LogP contribution in [0, 0.1) is 6.92 Å². The quantitative estimate of drug-likeness (QED) is 0.251. The van der Waals surface area contributed by atoms with Crippen molar-refractivity contribution in [1.82, 2.24) is 9.71 Å². The van der Waals surface area contributed by atoms with E-state index in [4.69, 9.17) is 11.6 Å². The highest BCUT2D eigenvalue weighted by Gasteiger charge is 2.18. The minimum Gasteiger partial charge on any atom is -0.358 e. The summed E-state index contributed by atoms with van der Waals surface area (Å²) >= 11 is 6.62. The average molecular weight is 515 g/mol. The monoisotopic (exact) mass is 514 g/mol. The van der Waals surface area contributed by atoms with Gasteiger partial charge in [0.05, 0.1) is 5.75 Å². The fourth-order valence-corrected chi connectivity index (χ4v) is 5.43. The number of nitrogens with one attached hydrogen (secondary N) is 2. The van der Waals surface area contributed by atoms with E-state index < -0.39 is 15.9 Å². The van der Waals surface area contributed by atoms with Gasteiger partial charge in [0, 0.05) is 33.6 Å². The third kappa shape index (κ3) is 7.45. The zero-order chi connectivity index (χ0) is 25.4. The van der Waals surface area contributed by atoms with Gasteiger partial charge in [0.15, 0.2) is 0 Å². The molecule has 0 bridgehead atoms. The first-order valence-corrected chi connectivity index (χ1v) is 14.4. The van der Waals surface area contributed by atoms with E-state index in [1.54, 1.807) is 12.1 Å². The van der Waals surface area contributed by atoms with Gasteiger partial charge in [-0.25, -0.2) is 13.1 Å². The third-order valence-electron chi connectivity index (χ3n) is 6.13. The number of carbonyl (C=O) groups is 1. The number of sulfonamides is 1. The summed E-state index contributed by atoms with van der Waals surface area (Å²) in [4.78, 5) is 16.1. The molecule has 0 saturated carbocycles. The lowest BCUT2D eigenvalue weighted by molar-refractivity contribution is 0.0981. The molecule has 0 fully saturated rings. The number of allylic oxidation sites excluding steroid dienone is 1. The molecular weight excluding hydrogens is 480 g/mol. The largest absolute Gasteiger partial charge is 0.358 e. The first kappa shape index (κ1) is 27.0. The summed E-state index contributed by atoms with van der Waals surface area (Å²) in [6.07, 6.45) is 10.5. The van der Waals surface area contributed by atoms with Crippen LogP contribution in [-0.4, -0.2) is 25.1 Å². The second-order valence-electron chi connectivity index (χ2n) is 9.02. The Bertz CT molecular complexity index is 1310. The molecule has 0 aliphatic rings. The number of halogens is 1. The molecule has 0 saturated heterocycles. The minimum atomic E-state index is -3.66. The SMILES string of the molecule is CCCCC=Cc1ccc(Cc2c(C)[nH]c3ccc(C(=O)NS(=O)(=O)CCCCC)cc23)c(Cl)c1. The molecule has 3 aromatic rings. The molecule has 3 rings (SSSR count). The van der Waals surface area contributed by atoms with Crippen molar-refractivity contribution in [3.8, 4) is 0 Å². The fourth-order valence-electron chi connectivity index (χ4n) is 4.09. The summed E-state index contributed by atoms with van der Waals surface area (Å²) in [5, 5.41) is 1.58. The van der Waals surface area contributed by atoms with E-state index in [0.717, 1.165) is 52.5 Å². The standard InChI is InChI=1S/C28H35ClN2O3S/c1-4-6-8-9-11-21-12-13-22(26(29)17-21)18-24-20(3)30-27-15-14-23(19-25(24)27)28(32)31-35(33,34)16-10-7-5-2/h9,11-15,17,19,30H,4-8,10,16,18H2,1-3H3,(H,31,32). The van der Waals surface area contributed by atoms with E-state index in [1.165, 1.54) is 12.8 Å². The van der Waals surface area contributed by atoms with Crippen molar-refractivity contribution >= 4 is 44.5 Å². The molecule has 35 heavy (non-hydrogen) atoms. The lowest BCUT2D eigenvalue weighted by Crippen LogP contribution is -2.32. The molecule has 1 amide bonds. The summed E-state index contributed by atoms with van der Waals surface area (Å²) in [6, 6.07) is 11.3. The van der Waals surface area contributed by atoms with Crippen molar-refractivity contribution in [1.29, 1.82) is 0 Å². The summed E-state index contributed by atoms with van der Waals surface area (Å²) < 4.78 is 26.7. The highest BCUT2D eigenvalue weighted by atomic mass is 35.5. The second-order valence-corrected chi connectivity index (χ2v) is 11.3. The van der Waals surface area contributed by atoms with Gasteiger partial charge in [0.25, 0.3) is 5.91 Å². The van der Waals surface area contributed by atoms with Crippen LogP contribution in [0.1, 0.15) is 85.1 Å². The lowest BCUT2D eigenvalue weighted by atomic mass is 9.99. The van der Waals surface area contributed by atoms with E-state index in [2.05, 4.69) is 34.8 Å². The third-order valence-corrected chi connectivity index (χ3v) is 7.80. The molecule has 7 heteroatoms. The molecule has 0 aliphatic carbocycles. The van der Waals surface area contributed by atoms with Crippen molar-refractivity contribution in [2.75, 3.05) is 5.75 Å². The number of hydrogen-bond acceptors (Lipinski definition) is 3. The first-order chi connectivity index (χ1) is 16.7. The molecule has 2 N–H and O–H groups in total. The topological polar surface area (TPSA) is 79.0 Å². The molecule has 188 valence electrons. The van der Waals surface area contributed by atoms with Crippen molar-refractivity contribution < 1.29 is 13.2 Å². The highest BCUT2D eigenvalue weighted by molar-refractivity contribution is 7.90. The summed E-state index contributed by atoms with van der Waals surface area (Å²) in [5.41, 5.74) is 5.30. The van der Waals surface area contributed by atoms with Crippen LogP contribution >= 0.6 is 11.6 Å². The van der Waals surface area contributed by atoms with Crippen LogP contribution in [0.3, 0.4) is 0 Å². The number of hydrogen-bond donors (Lipinski definition) is 2. The van der Waals surface area contributed by atoms with E-state index in [9.17, 15) is 13.2 Å². The Hall–Kier alpha value is -2.57. The lowest BCUT2D eigenvalue weighted by Gasteiger charge is -2.08. The number of fused-ring (bicyclic) bond motifs is 1. The van der Waals surface area contributed by atoms with E-state index >= 15 is 0 Å². The highest BCUT2D eigenvalue weighted by Crippen LogP contribution is 2.29. The van der Waals surface area contributed by atoms with Gasteiger partial charge in [0.2, 0.25) is 10.0 Å². The number of benzene rings is 2. The Labute approximate surface area is 214 Å². The maximum absolute atomic E-state index is 12.7. The van der Waals surface area contributed by atoms with E-state index in [0.29, 0.717) is 23.4 Å². The predicted molar refractivity (Wildman–Crippen MR) is 147 cm³/mol. The van der Waals surface area contributed by atoms with Crippen LogP contribution in [0.5, 0.6) is 0 Å². The maximum atomic E-state index is 12.7. The second kappa shape index (κ2) is 12.4. The van der Waals surface area contributed by atoms with Gasteiger partial charge in [-0.2, -0.15) is 0 Å². The van der Waals surface area contributed by atoms with Crippen LogP contribution in [0.25, 0.3) is 17.0 Å². The van der Waals surface area contributed by atoms with Crippen molar-refractivity contribution in [3.63, 3.8) is 0 Å². The average Bonchev–Trinajstić information content (AvgIpc) is 3.12. The van der Waals surface area contributed by atoms with Gasteiger partial charge in [0.1, 0.15) is 0 Å². The molecule has 1 heterocycles. The van der Waals surface area contributed by atoms with Gasteiger partial charge in [-0.15, -0.1) is 0 Å². The molecule has 0 unspecified atom stereocenters. The first-order valence-electron chi connectivity index (χ1n) is 12.3. The van der Waals surface area contributed by atoms with Crippen LogP contribution in [-0.2, 0) is 16.4 Å². The predicted octanol–water partition coefficient (Wildman–Crippen LogP) is 7.17. The molecule has 0 radical (unpaired) electrons. The Morgan fingerprint density at radius 1 is 1.06 bits per heavy atom. The molecule has 5 nitrogen and oxygen atoms in total. The van der Waals surface area contributed by atoms with Crippen LogP contribution in [0.2, 0.25) is 5.02 Å². The van der Waals surface area contributed by atoms with Gasteiger partial charge in [-0.05, 0) is 60.7 Å². The minimum absolute atomic E-state index is 0.0500. The number of aryl methyl sites for hydroxylation is 1. The van der Waals surface area contributed by atoms with Gasteiger partial charge in [-0.3, -0.25) is 4.79 Å². The van der Waals surface area contributed by atoms with Crippen LogP contribution < -0.4 is 4.72 Å².